The van der Waals surface area contributed by atoms with Gasteiger partial charge in [0, 0.05) is 24.8 Å². The highest BCUT2D eigenvalue weighted by atomic mass is 19.1. The van der Waals surface area contributed by atoms with Crippen molar-refractivity contribution in [2.45, 2.75) is 32.4 Å². The fourth-order valence-corrected chi connectivity index (χ4v) is 1.50. The zero-order chi connectivity index (χ0) is 11.1. The van der Waals surface area contributed by atoms with Gasteiger partial charge in [0.05, 0.1) is 0 Å². The van der Waals surface area contributed by atoms with E-state index in [2.05, 4.69) is 12.2 Å². The number of aliphatic hydroxyl groups excluding tert-OH is 1. The van der Waals surface area contributed by atoms with Gasteiger partial charge in [0.15, 0.2) is 0 Å². The Morgan fingerprint density at radius 1 is 1.40 bits per heavy atom. The van der Waals surface area contributed by atoms with E-state index in [1.165, 1.54) is 6.07 Å². The second kappa shape index (κ2) is 6.53. The van der Waals surface area contributed by atoms with Crippen molar-refractivity contribution in [3.63, 3.8) is 0 Å². The number of aliphatic hydroxyl groups is 1. The molecule has 0 bridgehead atoms. The Morgan fingerprint density at radius 2 is 2.13 bits per heavy atom. The number of rotatable bonds is 6. The van der Waals surface area contributed by atoms with E-state index in [1.54, 1.807) is 12.1 Å². The number of halogens is 1. The Labute approximate surface area is 90.1 Å². The SMILES string of the molecule is CCC(CCO)NCc1ccccc1F. The van der Waals surface area contributed by atoms with Gasteiger partial charge >= 0.3 is 0 Å². The zero-order valence-corrected chi connectivity index (χ0v) is 9.04. The summed E-state index contributed by atoms with van der Waals surface area (Å²) in [5.41, 5.74) is 0.675. The van der Waals surface area contributed by atoms with E-state index in [9.17, 15) is 4.39 Å². The molecule has 3 heteroatoms. The summed E-state index contributed by atoms with van der Waals surface area (Å²) in [6.45, 7) is 2.74. The minimum absolute atomic E-state index is 0.169. The lowest BCUT2D eigenvalue weighted by Crippen LogP contribution is -2.29. The van der Waals surface area contributed by atoms with Gasteiger partial charge < -0.3 is 10.4 Å². The van der Waals surface area contributed by atoms with Gasteiger partial charge in [-0.05, 0) is 18.9 Å². The van der Waals surface area contributed by atoms with Gasteiger partial charge in [-0.2, -0.15) is 0 Å². The normalized spacial score (nSPS) is 12.7. The third-order valence-corrected chi connectivity index (χ3v) is 2.51. The van der Waals surface area contributed by atoms with Crippen molar-refractivity contribution in [2.24, 2.45) is 0 Å². The molecule has 1 aromatic carbocycles. The Morgan fingerprint density at radius 3 is 2.73 bits per heavy atom. The summed E-state index contributed by atoms with van der Waals surface area (Å²) < 4.78 is 13.2. The standard InChI is InChI=1S/C12H18FNO/c1-2-11(7-8-15)14-9-10-5-3-4-6-12(10)13/h3-6,11,14-15H,2,7-9H2,1H3. The fraction of sp³-hybridized carbons (Fsp3) is 0.500. The molecule has 0 amide bonds. The molecular formula is C12H18FNO. The number of hydrogen-bond acceptors (Lipinski definition) is 2. The molecule has 2 nitrogen and oxygen atoms in total. The van der Waals surface area contributed by atoms with Crippen molar-refractivity contribution in [1.82, 2.24) is 5.32 Å². The van der Waals surface area contributed by atoms with Crippen LogP contribution < -0.4 is 5.32 Å². The first-order chi connectivity index (χ1) is 7.27. The van der Waals surface area contributed by atoms with E-state index in [4.69, 9.17) is 5.11 Å². The summed E-state index contributed by atoms with van der Waals surface area (Å²) in [4.78, 5) is 0. The molecule has 0 aliphatic carbocycles. The number of nitrogens with one attached hydrogen (secondary N) is 1. The first-order valence-corrected chi connectivity index (χ1v) is 5.35. The minimum atomic E-state index is -0.177. The van der Waals surface area contributed by atoms with Crippen molar-refractivity contribution in [2.75, 3.05) is 6.61 Å². The molecule has 1 rings (SSSR count). The highest BCUT2D eigenvalue weighted by Gasteiger charge is 2.06. The minimum Gasteiger partial charge on any atom is -0.396 e. The van der Waals surface area contributed by atoms with Crippen molar-refractivity contribution >= 4 is 0 Å². The quantitative estimate of drug-likeness (QED) is 0.755. The molecule has 0 aromatic heterocycles. The van der Waals surface area contributed by atoms with Crippen molar-refractivity contribution < 1.29 is 9.50 Å². The molecule has 0 spiro atoms. The smallest absolute Gasteiger partial charge is 0.127 e. The second-order valence-electron chi connectivity index (χ2n) is 3.59. The van der Waals surface area contributed by atoms with E-state index in [1.807, 2.05) is 6.07 Å². The maximum atomic E-state index is 13.2. The molecule has 0 saturated heterocycles. The molecule has 84 valence electrons. The molecule has 0 saturated carbocycles. The fourth-order valence-electron chi connectivity index (χ4n) is 1.50. The summed E-state index contributed by atoms with van der Waals surface area (Å²) in [7, 11) is 0. The van der Waals surface area contributed by atoms with E-state index in [0.717, 1.165) is 6.42 Å². The molecule has 2 N–H and O–H groups in total. The van der Waals surface area contributed by atoms with Crippen LogP contribution in [0.3, 0.4) is 0 Å². The second-order valence-corrected chi connectivity index (χ2v) is 3.59. The van der Waals surface area contributed by atoms with E-state index >= 15 is 0 Å². The first-order valence-electron chi connectivity index (χ1n) is 5.35. The Kier molecular flexibility index (Phi) is 5.29. The number of benzene rings is 1. The third kappa shape index (κ3) is 3.98. The predicted molar refractivity (Wildman–Crippen MR) is 59.0 cm³/mol. The number of hydrogen-bond donors (Lipinski definition) is 2. The van der Waals surface area contributed by atoms with Gasteiger partial charge in [0.2, 0.25) is 0 Å². The monoisotopic (exact) mass is 211 g/mol. The summed E-state index contributed by atoms with van der Waals surface area (Å²) in [6.07, 6.45) is 1.65. The summed E-state index contributed by atoms with van der Waals surface area (Å²) in [5.74, 6) is -0.177. The summed E-state index contributed by atoms with van der Waals surface area (Å²) in [6, 6.07) is 7.00. The largest absolute Gasteiger partial charge is 0.396 e. The predicted octanol–water partition coefficient (Wildman–Crippen LogP) is 2.08. The lowest BCUT2D eigenvalue weighted by atomic mass is 10.1. The maximum Gasteiger partial charge on any atom is 0.127 e. The molecule has 0 fully saturated rings. The van der Waals surface area contributed by atoms with Crippen LogP contribution in [0.15, 0.2) is 24.3 Å². The van der Waals surface area contributed by atoms with Crippen LogP contribution in [0.4, 0.5) is 4.39 Å². The summed E-state index contributed by atoms with van der Waals surface area (Å²) >= 11 is 0. The lowest BCUT2D eigenvalue weighted by Gasteiger charge is -2.15. The van der Waals surface area contributed by atoms with Crippen molar-refractivity contribution in [3.8, 4) is 0 Å². The van der Waals surface area contributed by atoms with Crippen LogP contribution in [0.1, 0.15) is 25.3 Å². The van der Waals surface area contributed by atoms with Gasteiger partial charge in [-0.3, -0.25) is 0 Å². The Hall–Kier alpha value is -0.930. The maximum absolute atomic E-state index is 13.2. The van der Waals surface area contributed by atoms with Crippen LogP contribution in [-0.4, -0.2) is 17.8 Å². The molecule has 1 aromatic rings. The molecule has 1 atom stereocenters. The van der Waals surface area contributed by atoms with Crippen LogP contribution in [0.2, 0.25) is 0 Å². The lowest BCUT2D eigenvalue weighted by molar-refractivity contribution is 0.261. The van der Waals surface area contributed by atoms with Crippen LogP contribution >= 0.6 is 0 Å². The molecular weight excluding hydrogens is 193 g/mol. The van der Waals surface area contributed by atoms with Gasteiger partial charge in [-0.15, -0.1) is 0 Å². The third-order valence-electron chi connectivity index (χ3n) is 2.51. The van der Waals surface area contributed by atoms with Crippen LogP contribution in [0, 0.1) is 5.82 Å². The molecule has 15 heavy (non-hydrogen) atoms. The van der Waals surface area contributed by atoms with E-state index in [0.29, 0.717) is 18.5 Å². The van der Waals surface area contributed by atoms with E-state index in [-0.39, 0.29) is 18.5 Å². The van der Waals surface area contributed by atoms with Gasteiger partial charge in [-0.25, -0.2) is 4.39 Å². The summed E-state index contributed by atoms with van der Waals surface area (Å²) in [5, 5.41) is 12.0. The molecule has 1 unspecified atom stereocenters. The highest BCUT2D eigenvalue weighted by Crippen LogP contribution is 2.07. The first kappa shape index (κ1) is 12.1. The van der Waals surface area contributed by atoms with Crippen LogP contribution in [0.25, 0.3) is 0 Å². The average Bonchev–Trinajstić information content (AvgIpc) is 2.26. The Bertz CT molecular complexity index is 291. The topological polar surface area (TPSA) is 32.3 Å². The Balaban J connectivity index is 2.45. The van der Waals surface area contributed by atoms with Gasteiger partial charge in [0.25, 0.3) is 0 Å². The molecule has 0 aliphatic rings. The van der Waals surface area contributed by atoms with Crippen LogP contribution in [0.5, 0.6) is 0 Å². The zero-order valence-electron chi connectivity index (χ0n) is 9.04. The average molecular weight is 211 g/mol. The van der Waals surface area contributed by atoms with Gasteiger partial charge in [-0.1, -0.05) is 25.1 Å². The van der Waals surface area contributed by atoms with Crippen molar-refractivity contribution in [3.05, 3.63) is 35.6 Å². The highest BCUT2D eigenvalue weighted by molar-refractivity contribution is 5.16. The van der Waals surface area contributed by atoms with Crippen molar-refractivity contribution in [1.29, 1.82) is 0 Å². The molecule has 0 radical (unpaired) electrons. The molecule has 0 aliphatic heterocycles. The van der Waals surface area contributed by atoms with Gasteiger partial charge in [0.1, 0.15) is 5.82 Å². The molecule has 0 heterocycles. The van der Waals surface area contributed by atoms with Crippen LogP contribution in [-0.2, 0) is 6.54 Å². The van der Waals surface area contributed by atoms with E-state index < -0.39 is 0 Å².